The minimum atomic E-state index is 0.915. The molecule has 7 aromatic carbocycles. The Morgan fingerprint density at radius 2 is 0.776 bits per heavy atom. The van der Waals surface area contributed by atoms with Gasteiger partial charge in [0.2, 0.25) is 0 Å². The molecule has 0 aliphatic heterocycles. The van der Waals surface area contributed by atoms with Crippen molar-refractivity contribution >= 4 is 43.6 Å². The van der Waals surface area contributed by atoms with Crippen molar-refractivity contribution < 1.29 is 0 Å². The van der Waals surface area contributed by atoms with Gasteiger partial charge in [-0.05, 0) is 105 Å². The Morgan fingerprint density at radius 1 is 0.276 bits per heavy atom. The Morgan fingerprint density at radius 3 is 1.43 bits per heavy atom. The highest BCUT2D eigenvalue weighted by atomic mass is 14.7. The van der Waals surface area contributed by atoms with E-state index in [0.717, 1.165) is 88.4 Å². The topological polar surface area (TPSA) is 51.6 Å². The number of rotatable bonds is 6. The molecule has 0 saturated heterocycles. The summed E-state index contributed by atoms with van der Waals surface area (Å²) in [7, 11) is 0. The van der Waals surface area contributed by atoms with Crippen LogP contribution in [0.1, 0.15) is 0 Å². The molecule has 0 aliphatic rings. The van der Waals surface area contributed by atoms with Crippen molar-refractivity contribution in [3.05, 3.63) is 207 Å². The van der Waals surface area contributed by atoms with Gasteiger partial charge >= 0.3 is 0 Å². The zero-order valence-electron chi connectivity index (χ0n) is 31.4. The van der Waals surface area contributed by atoms with Crippen LogP contribution in [0.25, 0.3) is 111 Å². The highest BCUT2D eigenvalue weighted by Crippen LogP contribution is 2.36. The van der Waals surface area contributed by atoms with E-state index in [1.807, 2.05) is 24.5 Å². The molecule has 0 fully saturated rings. The van der Waals surface area contributed by atoms with Crippen LogP contribution in [-0.2, 0) is 0 Å². The van der Waals surface area contributed by atoms with Crippen molar-refractivity contribution in [3.63, 3.8) is 0 Å². The molecule has 0 atom stereocenters. The van der Waals surface area contributed by atoms with E-state index < -0.39 is 0 Å². The zero-order valence-corrected chi connectivity index (χ0v) is 31.4. The molecule has 4 heterocycles. The molecule has 4 heteroatoms. The SMILES string of the molecule is c1ccc(-c2cc(-c3ccccc3)cc(-c3ccc4ccc(-c5ccc6ccc(-c7ccc(-c8cc9cccnc9c9ncccc89)cc7)nc6c5)nc4c3)c2)cc1. The number of pyridine rings is 4. The van der Waals surface area contributed by atoms with E-state index in [0.29, 0.717) is 0 Å². The molecular weight excluding hydrogens is 705 g/mol. The molecule has 0 bridgehead atoms. The molecular formula is C54H34N4. The fourth-order valence-corrected chi connectivity index (χ4v) is 8.12. The summed E-state index contributed by atoms with van der Waals surface area (Å²) in [5, 5.41) is 4.35. The van der Waals surface area contributed by atoms with E-state index in [4.69, 9.17) is 15.0 Å². The van der Waals surface area contributed by atoms with E-state index in [1.54, 1.807) is 0 Å². The summed E-state index contributed by atoms with van der Waals surface area (Å²) in [5.41, 5.74) is 17.0. The smallest absolute Gasteiger partial charge is 0.0970 e. The van der Waals surface area contributed by atoms with E-state index in [-0.39, 0.29) is 0 Å². The van der Waals surface area contributed by atoms with Gasteiger partial charge in [-0.25, -0.2) is 9.97 Å². The van der Waals surface area contributed by atoms with Crippen LogP contribution in [0, 0.1) is 0 Å². The second-order valence-electron chi connectivity index (χ2n) is 14.7. The Kier molecular flexibility index (Phi) is 8.11. The largest absolute Gasteiger partial charge is 0.254 e. The van der Waals surface area contributed by atoms with Gasteiger partial charge in [0, 0.05) is 45.1 Å². The second kappa shape index (κ2) is 14.0. The van der Waals surface area contributed by atoms with Crippen LogP contribution in [0.4, 0.5) is 0 Å². The molecule has 0 spiro atoms. The van der Waals surface area contributed by atoms with Crippen LogP contribution in [0.3, 0.4) is 0 Å². The summed E-state index contributed by atoms with van der Waals surface area (Å²) >= 11 is 0. The van der Waals surface area contributed by atoms with Crippen LogP contribution in [-0.4, -0.2) is 19.9 Å². The normalized spacial score (nSPS) is 11.4. The molecule has 11 aromatic rings. The predicted molar refractivity (Wildman–Crippen MR) is 240 cm³/mol. The van der Waals surface area contributed by atoms with Crippen LogP contribution < -0.4 is 0 Å². The maximum atomic E-state index is 5.22. The van der Waals surface area contributed by atoms with Gasteiger partial charge in [-0.3, -0.25) is 9.97 Å². The molecule has 0 amide bonds. The summed E-state index contributed by atoms with van der Waals surface area (Å²) in [4.78, 5) is 19.7. The number of hydrogen-bond donors (Lipinski definition) is 0. The van der Waals surface area contributed by atoms with Crippen molar-refractivity contribution in [3.8, 4) is 67.0 Å². The summed E-state index contributed by atoms with van der Waals surface area (Å²) in [6, 6.07) is 68.7. The zero-order chi connectivity index (χ0) is 38.4. The lowest BCUT2D eigenvalue weighted by Crippen LogP contribution is -1.90. The van der Waals surface area contributed by atoms with E-state index >= 15 is 0 Å². The summed E-state index contributed by atoms with van der Waals surface area (Å²) in [6.45, 7) is 0. The van der Waals surface area contributed by atoms with Crippen molar-refractivity contribution in [1.29, 1.82) is 0 Å². The molecule has 0 aliphatic carbocycles. The van der Waals surface area contributed by atoms with Crippen LogP contribution in [0.2, 0.25) is 0 Å². The van der Waals surface area contributed by atoms with E-state index in [1.165, 1.54) is 22.3 Å². The fraction of sp³-hybridized carbons (Fsp3) is 0. The molecule has 0 N–H and O–H groups in total. The molecule has 270 valence electrons. The van der Waals surface area contributed by atoms with Gasteiger partial charge < -0.3 is 0 Å². The number of hydrogen-bond acceptors (Lipinski definition) is 4. The summed E-state index contributed by atoms with van der Waals surface area (Å²) in [5.74, 6) is 0. The van der Waals surface area contributed by atoms with Gasteiger partial charge in [-0.1, -0.05) is 133 Å². The Hall–Kier alpha value is -7.82. The van der Waals surface area contributed by atoms with Crippen molar-refractivity contribution in [1.82, 2.24) is 19.9 Å². The van der Waals surface area contributed by atoms with Crippen LogP contribution in [0.15, 0.2) is 207 Å². The molecule has 0 radical (unpaired) electrons. The van der Waals surface area contributed by atoms with Gasteiger partial charge in [-0.2, -0.15) is 0 Å². The molecule has 0 unspecified atom stereocenters. The lowest BCUT2D eigenvalue weighted by Gasteiger charge is -2.12. The quantitative estimate of drug-likeness (QED) is 0.159. The van der Waals surface area contributed by atoms with Gasteiger partial charge in [0.25, 0.3) is 0 Å². The summed E-state index contributed by atoms with van der Waals surface area (Å²) in [6.07, 6.45) is 3.66. The van der Waals surface area contributed by atoms with Gasteiger partial charge in [0.15, 0.2) is 0 Å². The maximum absolute atomic E-state index is 5.22. The number of nitrogens with zero attached hydrogens (tertiary/aromatic N) is 4. The fourth-order valence-electron chi connectivity index (χ4n) is 8.12. The maximum Gasteiger partial charge on any atom is 0.0970 e. The van der Waals surface area contributed by atoms with Gasteiger partial charge in [-0.15, -0.1) is 0 Å². The monoisotopic (exact) mass is 738 g/mol. The number of aromatic nitrogens is 4. The van der Waals surface area contributed by atoms with Crippen molar-refractivity contribution in [2.75, 3.05) is 0 Å². The first-order valence-corrected chi connectivity index (χ1v) is 19.5. The third-order valence-corrected chi connectivity index (χ3v) is 11.1. The standard InChI is InChI=1S/C54H34N4/c1-3-9-35(10-4-1)44-29-45(36-11-5-2-6-12-36)31-46(30-44)41-21-19-39-24-26-50(58-51(39)33-41)42-22-20-40-23-25-49(57-52(40)34-42)38-17-15-37(16-18-38)48-32-43-13-7-27-55-53(43)54-47(48)14-8-28-56-54/h1-34H. The molecule has 4 nitrogen and oxygen atoms in total. The van der Waals surface area contributed by atoms with E-state index in [9.17, 15) is 0 Å². The van der Waals surface area contributed by atoms with Gasteiger partial charge in [0.1, 0.15) is 0 Å². The molecule has 4 aromatic heterocycles. The summed E-state index contributed by atoms with van der Waals surface area (Å²) < 4.78 is 0. The first kappa shape index (κ1) is 33.5. The number of fused-ring (bicyclic) bond motifs is 5. The Balaban J connectivity index is 0.930. The number of benzene rings is 7. The Labute approximate surface area is 335 Å². The first-order chi connectivity index (χ1) is 28.7. The van der Waals surface area contributed by atoms with Gasteiger partial charge in [0.05, 0.1) is 33.5 Å². The highest BCUT2D eigenvalue weighted by molar-refractivity contribution is 6.10. The third kappa shape index (κ3) is 6.14. The minimum absolute atomic E-state index is 0.915. The Bertz CT molecular complexity index is 3260. The lowest BCUT2D eigenvalue weighted by molar-refractivity contribution is 1.37. The first-order valence-electron chi connectivity index (χ1n) is 19.5. The molecule has 11 rings (SSSR count). The molecule has 0 saturated carbocycles. The average Bonchev–Trinajstić information content (AvgIpc) is 3.31. The average molecular weight is 739 g/mol. The van der Waals surface area contributed by atoms with Crippen LogP contribution in [0.5, 0.6) is 0 Å². The van der Waals surface area contributed by atoms with Crippen molar-refractivity contribution in [2.24, 2.45) is 0 Å². The highest BCUT2D eigenvalue weighted by Gasteiger charge is 2.13. The second-order valence-corrected chi connectivity index (χ2v) is 14.7. The minimum Gasteiger partial charge on any atom is -0.254 e. The van der Waals surface area contributed by atoms with Crippen LogP contribution >= 0.6 is 0 Å². The van der Waals surface area contributed by atoms with Crippen molar-refractivity contribution in [2.45, 2.75) is 0 Å². The lowest BCUT2D eigenvalue weighted by atomic mass is 9.93. The van der Waals surface area contributed by atoms with E-state index in [2.05, 4.69) is 187 Å². The predicted octanol–water partition coefficient (Wildman–Crippen LogP) is 13.9. The third-order valence-electron chi connectivity index (χ3n) is 11.1. The molecule has 58 heavy (non-hydrogen) atoms.